The summed E-state index contributed by atoms with van der Waals surface area (Å²) in [5.41, 5.74) is 8.05. The number of hydrogen-bond donors (Lipinski definition) is 1. The fourth-order valence-electron chi connectivity index (χ4n) is 2.38. The number of rotatable bonds is 5. The van der Waals surface area contributed by atoms with E-state index in [4.69, 9.17) is 15.5 Å². The molecular weight excluding hydrogens is 270 g/mol. The van der Waals surface area contributed by atoms with Crippen LogP contribution in [0.3, 0.4) is 0 Å². The molecule has 1 aromatic heterocycles. The molecule has 0 atom stereocenters. The standard InChI is InChI=1S/C15H21N3OS/c1-3-12(4-7-17-2)13-10-20-14(18-13)15(11-16)5-8-19-9-6-15/h3-4,7,10H,2,5-6,8-9,11,16H2,1H3/b7-4-,12-3+. The molecule has 0 radical (unpaired) electrons. The van der Waals surface area contributed by atoms with Gasteiger partial charge in [0.05, 0.1) is 5.69 Å². The summed E-state index contributed by atoms with van der Waals surface area (Å²) >= 11 is 1.69. The van der Waals surface area contributed by atoms with Crippen molar-refractivity contribution in [2.75, 3.05) is 19.8 Å². The Balaban J connectivity index is 2.27. The smallest absolute Gasteiger partial charge is 0.101 e. The van der Waals surface area contributed by atoms with Crippen molar-refractivity contribution in [3.8, 4) is 0 Å². The molecule has 2 N–H and O–H groups in total. The number of hydrogen-bond acceptors (Lipinski definition) is 5. The molecule has 1 aliphatic heterocycles. The van der Waals surface area contributed by atoms with E-state index < -0.39 is 0 Å². The lowest BCUT2D eigenvalue weighted by atomic mass is 9.81. The molecule has 1 aliphatic rings. The van der Waals surface area contributed by atoms with Gasteiger partial charge < -0.3 is 10.5 Å². The van der Waals surface area contributed by atoms with Crippen molar-refractivity contribution in [1.82, 2.24) is 4.98 Å². The molecule has 1 fully saturated rings. The quantitative estimate of drug-likeness (QED) is 0.670. The van der Waals surface area contributed by atoms with Crippen LogP contribution in [0.15, 0.2) is 28.7 Å². The summed E-state index contributed by atoms with van der Waals surface area (Å²) < 4.78 is 5.46. The van der Waals surface area contributed by atoms with Gasteiger partial charge in [0.1, 0.15) is 5.01 Å². The summed E-state index contributed by atoms with van der Waals surface area (Å²) in [6, 6.07) is 0. The van der Waals surface area contributed by atoms with Crippen LogP contribution in [0, 0.1) is 0 Å². The number of aromatic nitrogens is 1. The molecule has 108 valence electrons. The van der Waals surface area contributed by atoms with Crippen LogP contribution in [-0.4, -0.2) is 31.5 Å². The molecule has 2 rings (SSSR count). The maximum atomic E-state index is 6.03. The molecule has 20 heavy (non-hydrogen) atoms. The van der Waals surface area contributed by atoms with Gasteiger partial charge in [-0.05, 0) is 38.1 Å². The first-order valence-corrected chi connectivity index (χ1v) is 7.66. The van der Waals surface area contributed by atoms with Gasteiger partial charge in [-0.25, -0.2) is 4.98 Å². The van der Waals surface area contributed by atoms with Gasteiger partial charge in [-0.15, -0.1) is 11.3 Å². The minimum absolute atomic E-state index is 0.0135. The van der Waals surface area contributed by atoms with E-state index >= 15 is 0 Å². The second kappa shape index (κ2) is 6.92. The topological polar surface area (TPSA) is 60.5 Å². The van der Waals surface area contributed by atoms with Crippen LogP contribution in [0.5, 0.6) is 0 Å². The summed E-state index contributed by atoms with van der Waals surface area (Å²) in [4.78, 5) is 8.55. The third-order valence-corrected chi connectivity index (χ3v) is 4.85. The van der Waals surface area contributed by atoms with Gasteiger partial charge in [-0.2, -0.15) is 0 Å². The second-order valence-electron chi connectivity index (χ2n) is 4.88. The molecule has 1 saturated heterocycles. The average molecular weight is 291 g/mol. The monoisotopic (exact) mass is 291 g/mol. The van der Waals surface area contributed by atoms with Crippen LogP contribution in [0.1, 0.15) is 30.5 Å². The van der Waals surface area contributed by atoms with Crippen molar-refractivity contribution in [3.63, 3.8) is 0 Å². The first kappa shape index (κ1) is 15.1. The van der Waals surface area contributed by atoms with Crippen LogP contribution >= 0.6 is 11.3 Å². The third kappa shape index (κ3) is 3.06. The maximum absolute atomic E-state index is 6.03. The Morgan fingerprint density at radius 2 is 2.35 bits per heavy atom. The van der Waals surface area contributed by atoms with Gasteiger partial charge in [0.2, 0.25) is 0 Å². The first-order valence-electron chi connectivity index (χ1n) is 6.78. The molecule has 0 unspecified atom stereocenters. The van der Waals surface area contributed by atoms with Gasteiger partial charge in [0, 0.05) is 36.8 Å². The van der Waals surface area contributed by atoms with E-state index in [2.05, 4.69) is 17.1 Å². The van der Waals surface area contributed by atoms with E-state index in [-0.39, 0.29) is 5.41 Å². The molecule has 1 aromatic rings. The predicted octanol–water partition coefficient (Wildman–Crippen LogP) is 2.77. The van der Waals surface area contributed by atoms with Crippen molar-refractivity contribution < 1.29 is 4.74 Å². The van der Waals surface area contributed by atoms with Crippen LogP contribution in [0.2, 0.25) is 0 Å². The molecule has 0 aromatic carbocycles. The minimum atomic E-state index is -0.0135. The molecule has 0 aliphatic carbocycles. The highest BCUT2D eigenvalue weighted by molar-refractivity contribution is 7.10. The minimum Gasteiger partial charge on any atom is -0.381 e. The zero-order valence-electron chi connectivity index (χ0n) is 11.8. The van der Waals surface area contributed by atoms with Gasteiger partial charge in [0.25, 0.3) is 0 Å². The van der Waals surface area contributed by atoms with Gasteiger partial charge in [0.15, 0.2) is 0 Å². The van der Waals surface area contributed by atoms with Crippen molar-refractivity contribution in [3.05, 3.63) is 34.4 Å². The van der Waals surface area contributed by atoms with Crippen LogP contribution in [0.4, 0.5) is 0 Å². The van der Waals surface area contributed by atoms with Crippen LogP contribution in [-0.2, 0) is 10.2 Å². The van der Waals surface area contributed by atoms with Crippen molar-refractivity contribution in [1.29, 1.82) is 0 Å². The van der Waals surface area contributed by atoms with E-state index in [0.717, 1.165) is 42.3 Å². The molecule has 2 heterocycles. The van der Waals surface area contributed by atoms with E-state index in [1.807, 2.05) is 19.1 Å². The summed E-state index contributed by atoms with van der Waals surface area (Å²) in [7, 11) is 0. The summed E-state index contributed by atoms with van der Waals surface area (Å²) in [6.07, 6.45) is 7.53. The number of nitrogens with two attached hydrogens (primary N) is 1. The third-order valence-electron chi connectivity index (χ3n) is 3.76. The predicted molar refractivity (Wildman–Crippen MR) is 85.2 cm³/mol. The Kier molecular flexibility index (Phi) is 5.23. The highest BCUT2D eigenvalue weighted by Crippen LogP contribution is 2.36. The largest absolute Gasteiger partial charge is 0.381 e. The van der Waals surface area contributed by atoms with Crippen molar-refractivity contribution in [2.45, 2.75) is 25.2 Å². The fourth-order valence-corrected chi connectivity index (χ4v) is 3.48. The number of nitrogens with zero attached hydrogens (tertiary/aromatic N) is 2. The molecule has 0 amide bonds. The normalized spacial score (nSPS) is 19.4. The lowest BCUT2D eigenvalue weighted by molar-refractivity contribution is 0.0528. The second-order valence-corrected chi connectivity index (χ2v) is 5.74. The Morgan fingerprint density at radius 3 is 2.95 bits per heavy atom. The number of aliphatic imine (C=N–C) groups is 1. The molecular formula is C15H21N3OS. The summed E-state index contributed by atoms with van der Waals surface area (Å²) in [6.45, 7) is 7.60. The number of allylic oxidation sites excluding steroid dienone is 3. The zero-order chi connectivity index (χ0) is 14.4. The fraction of sp³-hybridized carbons (Fsp3) is 0.467. The molecule has 5 heteroatoms. The highest BCUT2D eigenvalue weighted by Gasteiger charge is 2.36. The molecule has 0 saturated carbocycles. The lowest BCUT2D eigenvalue weighted by Gasteiger charge is -2.34. The first-order chi connectivity index (χ1) is 9.75. The average Bonchev–Trinajstić information content (AvgIpc) is 2.99. The lowest BCUT2D eigenvalue weighted by Crippen LogP contribution is -2.40. The van der Waals surface area contributed by atoms with Crippen molar-refractivity contribution in [2.24, 2.45) is 10.7 Å². The highest BCUT2D eigenvalue weighted by atomic mass is 32.1. The number of thiazole rings is 1. The van der Waals surface area contributed by atoms with E-state index in [0.29, 0.717) is 6.54 Å². The van der Waals surface area contributed by atoms with E-state index in [9.17, 15) is 0 Å². The van der Waals surface area contributed by atoms with Crippen molar-refractivity contribution >= 4 is 23.6 Å². The zero-order valence-corrected chi connectivity index (χ0v) is 12.7. The Hall–Kier alpha value is -1.30. The van der Waals surface area contributed by atoms with E-state index in [1.165, 1.54) is 0 Å². The van der Waals surface area contributed by atoms with Gasteiger partial charge >= 0.3 is 0 Å². The summed E-state index contributed by atoms with van der Waals surface area (Å²) in [5, 5.41) is 3.21. The Labute approximate surface area is 124 Å². The van der Waals surface area contributed by atoms with Crippen LogP contribution < -0.4 is 5.73 Å². The van der Waals surface area contributed by atoms with Gasteiger partial charge in [-0.1, -0.05) is 6.08 Å². The number of ether oxygens (including phenoxy) is 1. The van der Waals surface area contributed by atoms with Crippen LogP contribution in [0.25, 0.3) is 5.57 Å². The SMILES string of the molecule is C=N/C=C\C(=C/C)c1csc(C2(CN)CCOCC2)n1. The Morgan fingerprint density at radius 1 is 1.60 bits per heavy atom. The maximum Gasteiger partial charge on any atom is 0.101 e. The molecule has 0 spiro atoms. The molecule has 0 bridgehead atoms. The Bertz CT molecular complexity index is 513. The van der Waals surface area contributed by atoms with Gasteiger partial charge in [-0.3, -0.25) is 4.99 Å². The summed E-state index contributed by atoms with van der Waals surface area (Å²) in [5.74, 6) is 0. The molecule has 4 nitrogen and oxygen atoms in total. The van der Waals surface area contributed by atoms with E-state index in [1.54, 1.807) is 17.5 Å².